The molecule has 0 aliphatic carbocycles. The number of carbonyl (C=O) groups is 2. The van der Waals surface area contributed by atoms with Crippen LogP contribution in [0.3, 0.4) is 0 Å². The minimum absolute atomic E-state index is 0.158. The summed E-state index contributed by atoms with van der Waals surface area (Å²) in [6.45, 7) is 2.69. The van der Waals surface area contributed by atoms with Crippen molar-refractivity contribution in [2.45, 2.75) is 26.0 Å². The van der Waals surface area contributed by atoms with Gasteiger partial charge in [0.05, 0.1) is 0 Å². The van der Waals surface area contributed by atoms with Gasteiger partial charge in [-0.2, -0.15) is 0 Å². The topological polar surface area (TPSA) is 67.4 Å². The first kappa shape index (κ1) is 17.5. The number of amides is 2. The number of nitrogens with one attached hydrogen (secondary N) is 2. The van der Waals surface area contributed by atoms with E-state index in [1.807, 2.05) is 55.5 Å². The fourth-order valence-corrected chi connectivity index (χ4v) is 2.18. The van der Waals surface area contributed by atoms with Gasteiger partial charge < -0.3 is 15.4 Å². The number of rotatable bonds is 7. The van der Waals surface area contributed by atoms with E-state index in [4.69, 9.17) is 4.74 Å². The Hall–Kier alpha value is -2.82. The number of hydrogen-bond donors (Lipinski definition) is 2. The highest BCUT2D eigenvalue weighted by molar-refractivity contribution is 5.86. The number of benzene rings is 2. The molecule has 0 unspecified atom stereocenters. The fraction of sp³-hybridized carbons (Fsp3) is 0.263. The van der Waals surface area contributed by atoms with Crippen LogP contribution in [0, 0.1) is 0 Å². The van der Waals surface area contributed by atoms with E-state index < -0.39 is 12.1 Å². The Morgan fingerprint density at radius 3 is 2.25 bits per heavy atom. The van der Waals surface area contributed by atoms with Crippen molar-refractivity contribution in [3.05, 3.63) is 71.8 Å². The van der Waals surface area contributed by atoms with Gasteiger partial charge in [-0.1, -0.05) is 67.6 Å². The molecule has 0 saturated heterocycles. The highest BCUT2D eigenvalue weighted by atomic mass is 16.5. The number of carbonyl (C=O) groups excluding carboxylic acids is 2. The van der Waals surface area contributed by atoms with Crippen molar-refractivity contribution in [1.29, 1.82) is 0 Å². The quantitative estimate of drug-likeness (QED) is 0.821. The lowest BCUT2D eigenvalue weighted by atomic mass is 10.1. The summed E-state index contributed by atoms with van der Waals surface area (Å²) in [6, 6.07) is 17.7. The van der Waals surface area contributed by atoms with Crippen molar-refractivity contribution in [3.8, 4) is 0 Å². The second kappa shape index (κ2) is 9.35. The average molecular weight is 326 g/mol. The summed E-state index contributed by atoms with van der Waals surface area (Å²) in [7, 11) is 0. The lowest BCUT2D eigenvalue weighted by molar-refractivity contribution is -0.123. The Balaban J connectivity index is 1.99. The van der Waals surface area contributed by atoms with E-state index in [1.165, 1.54) is 0 Å². The Morgan fingerprint density at radius 1 is 1.00 bits per heavy atom. The summed E-state index contributed by atoms with van der Waals surface area (Å²) in [6.07, 6.45) is 0.200. The monoisotopic (exact) mass is 326 g/mol. The van der Waals surface area contributed by atoms with Gasteiger partial charge in [0.2, 0.25) is 5.91 Å². The molecule has 126 valence electrons. The second-order valence-corrected chi connectivity index (χ2v) is 5.34. The average Bonchev–Trinajstić information content (AvgIpc) is 2.64. The molecule has 2 aromatic rings. The molecule has 0 bridgehead atoms. The summed E-state index contributed by atoms with van der Waals surface area (Å²) in [5, 5.41) is 5.44. The van der Waals surface area contributed by atoms with Crippen LogP contribution in [0.5, 0.6) is 0 Å². The summed E-state index contributed by atoms with van der Waals surface area (Å²) in [5.74, 6) is -0.250. The minimum atomic E-state index is -0.777. The van der Waals surface area contributed by atoms with Gasteiger partial charge in [0.15, 0.2) is 0 Å². The van der Waals surface area contributed by atoms with E-state index in [0.29, 0.717) is 12.1 Å². The molecule has 0 heterocycles. The van der Waals surface area contributed by atoms with Crippen LogP contribution in [0.4, 0.5) is 4.79 Å². The second-order valence-electron chi connectivity index (χ2n) is 5.34. The standard InChI is InChI=1S/C19H22N2O3/c1-2-13-20-18(22)17(16-11-7-4-8-12-16)21-19(23)24-14-15-9-5-3-6-10-15/h3-12,17H,2,13-14H2,1H3,(H,20,22)(H,21,23)/t17-/m1/s1. The Bertz CT molecular complexity index is 644. The van der Waals surface area contributed by atoms with Gasteiger partial charge in [-0.05, 0) is 17.5 Å². The SMILES string of the molecule is CCCNC(=O)[C@H](NC(=O)OCc1ccccc1)c1ccccc1. The Labute approximate surface area is 142 Å². The van der Waals surface area contributed by atoms with E-state index in [1.54, 1.807) is 12.1 Å². The Kier molecular flexibility index (Phi) is 6.83. The fourth-order valence-electron chi connectivity index (χ4n) is 2.18. The molecule has 2 amide bonds. The van der Waals surface area contributed by atoms with Gasteiger partial charge in [-0.15, -0.1) is 0 Å². The first-order valence-corrected chi connectivity index (χ1v) is 8.00. The van der Waals surface area contributed by atoms with Gasteiger partial charge in [-0.25, -0.2) is 4.79 Å². The number of hydrogen-bond acceptors (Lipinski definition) is 3. The van der Waals surface area contributed by atoms with E-state index in [2.05, 4.69) is 10.6 Å². The van der Waals surface area contributed by atoms with Crippen molar-refractivity contribution < 1.29 is 14.3 Å². The van der Waals surface area contributed by atoms with Crippen LogP contribution in [-0.2, 0) is 16.1 Å². The predicted octanol–water partition coefficient (Wildman–Crippen LogP) is 3.18. The molecule has 0 saturated carbocycles. The van der Waals surface area contributed by atoms with Crippen LogP contribution in [-0.4, -0.2) is 18.5 Å². The normalized spacial score (nSPS) is 11.4. The van der Waals surface area contributed by atoms with Crippen LogP contribution in [0.25, 0.3) is 0 Å². The van der Waals surface area contributed by atoms with Crippen molar-refractivity contribution in [1.82, 2.24) is 10.6 Å². The maximum absolute atomic E-state index is 12.3. The van der Waals surface area contributed by atoms with E-state index >= 15 is 0 Å². The molecule has 0 spiro atoms. The first-order chi connectivity index (χ1) is 11.7. The molecule has 2 aromatic carbocycles. The molecule has 5 heteroatoms. The predicted molar refractivity (Wildman–Crippen MR) is 92.2 cm³/mol. The van der Waals surface area contributed by atoms with Gasteiger partial charge in [0.25, 0.3) is 0 Å². The van der Waals surface area contributed by atoms with Crippen LogP contribution in [0.1, 0.15) is 30.5 Å². The van der Waals surface area contributed by atoms with E-state index in [-0.39, 0.29) is 12.5 Å². The lowest BCUT2D eigenvalue weighted by Gasteiger charge is -2.18. The maximum Gasteiger partial charge on any atom is 0.408 e. The molecule has 2 N–H and O–H groups in total. The number of alkyl carbamates (subject to hydrolysis) is 1. The summed E-state index contributed by atoms with van der Waals surface area (Å²) < 4.78 is 5.20. The van der Waals surface area contributed by atoms with Gasteiger partial charge in [-0.3, -0.25) is 4.79 Å². The smallest absolute Gasteiger partial charge is 0.408 e. The molecule has 2 rings (SSSR count). The van der Waals surface area contributed by atoms with Crippen LogP contribution in [0.2, 0.25) is 0 Å². The molecular weight excluding hydrogens is 304 g/mol. The molecule has 0 radical (unpaired) electrons. The molecule has 0 aliphatic rings. The molecule has 0 aromatic heterocycles. The van der Waals surface area contributed by atoms with Crippen molar-refractivity contribution in [2.75, 3.05) is 6.54 Å². The largest absolute Gasteiger partial charge is 0.445 e. The summed E-state index contributed by atoms with van der Waals surface area (Å²) in [5.41, 5.74) is 1.60. The number of ether oxygens (including phenoxy) is 1. The highest BCUT2D eigenvalue weighted by Gasteiger charge is 2.22. The highest BCUT2D eigenvalue weighted by Crippen LogP contribution is 2.13. The molecule has 24 heavy (non-hydrogen) atoms. The van der Waals surface area contributed by atoms with Crippen molar-refractivity contribution in [2.24, 2.45) is 0 Å². The van der Waals surface area contributed by atoms with Crippen molar-refractivity contribution in [3.63, 3.8) is 0 Å². The van der Waals surface area contributed by atoms with Crippen molar-refractivity contribution >= 4 is 12.0 Å². The minimum Gasteiger partial charge on any atom is -0.445 e. The third-order valence-electron chi connectivity index (χ3n) is 3.42. The Morgan fingerprint density at radius 2 is 1.62 bits per heavy atom. The van der Waals surface area contributed by atoms with E-state index in [9.17, 15) is 9.59 Å². The first-order valence-electron chi connectivity index (χ1n) is 8.00. The van der Waals surface area contributed by atoms with Crippen LogP contribution in [0.15, 0.2) is 60.7 Å². The third kappa shape index (κ3) is 5.43. The van der Waals surface area contributed by atoms with Crippen LogP contribution < -0.4 is 10.6 Å². The molecule has 0 aliphatic heterocycles. The molecule has 1 atom stereocenters. The molecule has 0 fully saturated rings. The van der Waals surface area contributed by atoms with Gasteiger partial charge in [0, 0.05) is 6.54 Å². The zero-order valence-corrected chi connectivity index (χ0v) is 13.7. The third-order valence-corrected chi connectivity index (χ3v) is 3.42. The lowest BCUT2D eigenvalue weighted by Crippen LogP contribution is -2.40. The maximum atomic E-state index is 12.3. The zero-order chi connectivity index (χ0) is 17.2. The molecule has 5 nitrogen and oxygen atoms in total. The van der Waals surface area contributed by atoms with Gasteiger partial charge in [0.1, 0.15) is 12.6 Å². The zero-order valence-electron chi connectivity index (χ0n) is 13.7. The summed E-state index contributed by atoms with van der Waals surface area (Å²) >= 11 is 0. The van der Waals surface area contributed by atoms with Gasteiger partial charge >= 0.3 is 6.09 Å². The van der Waals surface area contributed by atoms with E-state index in [0.717, 1.165) is 12.0 Å². The van der Waals surface area contributed by atoms with Crippen LogP contribution >= 0.6 is 0 Å². The summed E-state index contributed by atoms with van der Waals surface area (Å²) in [4.78, 5) is 24.4. The molecular formula is C19H22N2O3.